The second-order valence-electron chi connectivity index (χ2n) is 7.35. The number of amides is 1. The standard InChI is InChI=1S/C20H21N3O6S/c24-20-18-13-14(21-30(27,28)17-7-5-16(6-8-17)23(25)26)4-9-19(18)29-12-10-15-3-1-2-11-22(15)20/h4-9,13,15,21H,1-3,10-12H2. The number of sulfonamides is 1. The minimum absolute atomic E-state index is 0.112. The van der Waals surface area contributed by atoms with Crippen LogP contribution in [0.4, 0.5) is 11.4 Å². The van der Waals surface area contributed by atoms with Crippen molar-refractivity contribution in [3.63, 3.8) is 0 Å². The number of fused-ring (bicyclic) bond motifs is 2. The Balaban J connectivity index is 1.61. The molecule has 2 aliphatic heterocycles. The van der Waals surface area contributed by atoms with E-state index in [0.29, 0.717) is 24.5 Å². The number of nitrogens with one attached hydrogen (secondary N) is 1. The van der Waals surface area contributed by atoms with E-state index < -0.39 is 14.9 Å². The van der Waals surface area contributed by atoms with Gasteiger partial charge in [0.25, 0.3) is 21.6 Å². The zero-order valence-electron chi connectivity index (χ0n) is 16.1. The number of benzene rings is 2. The predicted molar refractivity (Wildman–Crippen MR) is 109 cm³/mol. The lowest BCUT2D eigenvalue weighted by Gasteiger charge is -2.37. The highest BCUT2D eigenvalue weighted by Gasteiger charge is 2.31. The van der Waals surface area contributed by atoms with Gasteiger partial charge in [0.1, 0.15) is 5.75 Å². The maximum absolute atomic E-state index is 13.1. The van der Waals surface area contributed by atoms with Crippen molar-refractivity contribution in [2.75, 3.05) is 17.9 Å². The third kappa shape index (κ3) is 3.95. The van der Waals surface area contributed by atoms with Crippen LogP contribution in [-0.2, 0) is 10.0 Å². The van der Waals surface area contributed by atoms with Crippen molar-refractivity contribution in [1.82, 2.24) is 4.90 Å². The molecule has 9 nitrogen and oxygen atoms in total. The Kier molecular flexibility index (Phi) is 5.33. The molecule has 158 valence electrons. The number of nitro groups is 1. The topological polar surface area (TPSA) is 119 Å². The molecule has 0 bridgehead atoms. The van der Waals surface area contributed by atoms with Crippen LogP contribution in [0.2, 0.25) is 0 Å². The number of nitrogens with zero attached hydrogens (tertiary/aromatic N) is 2. The molecular weight excluding hydrogens is 410 g/mol. The maximum atomic E-state index is 13.1. The number of nitro benzene ring substituents is 1. The fourth-order valence-electron chi connectivity index (χ4n) is 3.88. The number of hydrogen-bond acceptors (Lipinski definition) is 6. The average molecular weight is 431 g/mol. The Morgan fingerprint density at radius 2 is 1.87 bits per heavy atom. The van der Waals surface area contributed by atoms with E-state index >= 15 is 0 Å². The van der Waals surface area contributed by atoms with E-state index in [0.717, 1.165) is 37.8 Å². The lowest BCUT2D eigenvalue weighted by Crippen LogP contribution is -2.45. The molecule has 0 spiro atoms. The summed E-state index contributed by atoms with van der Waals surface area (Å²) < 4.78 is 33.6. The van der Waals surface area contributed by atoms with Crippen LogP contribution >= 0.6 is 0 Å². The molecule has 0 radical (unpaired) electrons. The highest BCUT2D eigenvalue weighted by molar-refractivity contribution is 7.92. The normalized spacial score (nSPS) is 19.0. The van der Waals surface area contributed by atoms with Crippen molar-refractivity contribution in [1.29, 1.82) is 0 Å². The summed E-state index contributed by atoms with van der Waals surface area (Å²) >= 11 is 0. The Morgan fingerprint density at radius 1 is 1.10 bits per heavy atom. The molecule has 2 aliphatic rings. The van der Waals surface area contributed by atoms with Gasteiger partial charge in [-0.3, -0.25) is 19.6 Å². The quantitative estimate of drug-likeness (QED) is 0.587. The number of carbonyl (C=O) groups excluding carboxylic acids is 1. The van der Waals surface area contributed by atoms with Gasteiger partial charge >= 0.3 is 0 Å². The van der Waals surface area contributed by atoms with E-state index in [1.807, 2.05) is 4.90 Å². The van der Waals surface area contributed by atoms with E-state index in [-0.39, 0.29) is 28.2 Å². The smallest absolute Gasteiger partial charge is 0.269 e. The van der Waals surface area contributed by atoms with Gasteiger partial charge in [-0.05, 0) is 49.6 Å². The molecule has 4 rings (SSSR count). The third-order valence-electron chi connectivity index (χ3n) is 5.42. The minimum Gasteiger partial charge on any atom is -0.493 e. The summed E-state index contributed by atoms with van der Waals surface area (Å²) in [6, 6.07) is 9.33. The van der Waals surface area contributed by atoms with Crippen molar-refractivity contribution in [3.05, 3.63) is 58.1 Å². The molecule has 1 unspecified atom stereocenters. The van der Waals surface area contributed by atoms with Gasteiger partial charge in [-0.25, -0.2) is 8.42 Å². The first-order chi connectivity index (χ1) is 14.3. The lowest BCUT2D eigenvalue weighted by atomic mass is 9.97. The summed E-state index contributed by atoms with van der Waals surface area (Å²) in [6.07, 6.45) is 3.75. The number of ether oxygens (including phenoxy) is 1. The molecular formula is C20H21N3O6S. The van der Waals surface area contributed by atoms with Crippen molar-refractivity contribution in [2.45, 2.75) is 36.6 Å². The van der Waals surface area contributed by atoms with Gasteiger partial charge in [-0.1, -0.05) is 0 Å². The lowest BCUT2D eigenvalue weighted by molar-refractivity contribution is -0.384. The number of anilines is 1. The molecule has 0 aromatic heterocycles. The Bertz CT molecular complexity index is 1080. The summed E-state index contributed by atoms with van der Waals surface area (Å²) in [6.45, 7) is 1.18. The highest BCUT2D eigenvalue weighted by Crippen LogP contribution is 2.31. The Hall–Kier alpha value is -3.14. The van der Waals surface area contributed by atoms with Crippen LogP contribution in [0.25, 0.3) is 0 Å². The molecule has 10 heteroatoms. The zero-order chi connectivity index (χ0) is 21.3. The number of piperidine rings is 1. The minimum atomic E-state index is -3.98. The van der Waals surface area contributed by atoms with Crippen LogP contribution in [0.15, 0.2) is 47.4 Å². The largest absolute Gasteiger partial charge is 0.493 e. The number of non-ortho nitro benzene ring substituents is 1. The van der Waals surface area contributed by atoms with Crippen molar-refractivity contribution in [3.8, 4) is 5.75 Å². The van der Waals surface area contributed by atoms with Gasteiger partial charge in [0.15, 0.2) is 0 Å². The molecule has 2 aromatic carbocycles. The van der Waals surface area contributed by atoms with Crippen LogP contribution in [0.5, 0.6) is 5.75 Å². The molecule has 2 heterocycles. The zero-order valence-corrected chi connectivity index (χ0v) is 16.9. The van der Waals surface area contributed by atoms with Gasteiger partial charge in [-0.2, -0.15) is 0 Å². The number of hydrogen-bond donors (Lipinski definition) is 1. The molecule has 2 aromatic rings. The Labute approximate surface area is 173 Å². The van der Waals surface area contributed by atoms with Crippen molar-refractivity contribution >= 4 is 27.3 Å². The van der Waals surface area contributed by atoms with E-state index in [1.165, 1.54) is 24.3 Å². The SMILES string of the molecule is O=C1c2cc(NS(=O)(=O)c3ccc([N+](=O)[O-])cc3)ccc2OCCC2CCCCN12. The summed E-state index contributed by atoms with van der Waals surface area (Å²) in [5.74, 6) is 0.271. The van der Waals surface area contributed by atoms with Crippen LogP contribution < -0.4 is 9.46 Å². The Morgan fingerprint density at radius 3 is 2.60 bits per heavy atom. The summed E-state index contributed by atoms with van der Waals surface area (Å²) in [5.41, 5.74) is 0.345. The van der Waals surface area contributed by atoms with Crippen molar-refractivity contribution in [2.24, 2.45) is 0 Å². The molecule has 1 fully saturated rings. The van der Waals surface area contributed by atoms with Gasteiger partial charge in [0.2, 0.25) is 0 Å². The maximum Gasteiger partial charge on any atom is 0.269 e. The van der Waals surface area contributed by atoms with E-state index in [1.54, 1.807) is 6.07 Å². The average Bonchev–Trinajstić information content (AvgIpc) is 2.73. The monoisotopic (exact) mass is 431 g/mol. The second-order valence-corrected chi connectivity index (χ2v) is 9.04. The van der Waals surface area contributed by atoms with E-state index in [4.69, 9.17) is 4.74 Å². The molecule has 1 atom stereocenters. The van der Waals surface area contributed by atoms with Crippen LogP contribution in [0.3, 0.4) is 0 Å². The van der Waals surface area contributed by atoms with Gasteiger partial charge < -0.3 is 9.64 Å². The van der Waals surface area contributed by atoms with E-state index in [9.17, 15) is 23.3 Å². The van der Waals surface area contributed by atoms with Crippen LogP contribution in [0, 0.1) is 10.1 Å². The summed E-state index contributed by atoms with van der Waals surface area (Å²) in [7, 11) is -3.98. The summed E-state index contributed by atoms with van der Waals surface area (Å²) in [4.78, 5) is 25.0. The summed E-state index contributed by atoms with van der Waals surface area (Å²) in [5, 5.41) is 10.8. The van der Waals surface area contributed by atoms with Gasteiger partial charge in [0, 0.05) is 36.8 Å². The molecule has 30 heavy (non-hydrogen) atoms. The highest BCUT2D eigenvalue weighted by atomic mass is 32.2. The predicted octanol–water partition coefficient (Wildman–Crippen LogP) is 3.17. The molecule has 0 saturated carbocycles. The van der Waals surface area contributed by atoms with Crippen LogP contribution in [0.1, 0.15) is 36.0 Å². The first kappa shape index (κ1) is 20.1. The molecule has 1 amide bonds. The first-order valence-electron chi connectivity index (χ1n) is 9.70. The molecule has 0 aliphatic carbocycles. The molecule has 1 saturated heterocycles. The van der Waals surface area contributed by atoms with Gasteiger partial charge in [-0.15, -0.1) is 0 Å². The fourth-order valence-corrected chi connectivity index (χ4v) is 4.92. The molecule has 1 N–H and O–H groups in total. The van der Waals surface area contributed by atoms with Crippen LogP contribution in [-0.4, -0.2) is 43.3 Å². The fraction of sp³-hybridized carbons (Fsp3) is 0.350. The first-order valence-corrected chi connectivity index (χ1v) is 11.2. The second kappa shape index (κ2) is 7.94. The van der Waals surface area contributed by atoms with Gasteiger partial charge in [0.05, 0.1) is 22.0 Å². The third-order valence-corrected chi connectivity index (χ3v) is 6.81. The van der Waals surface area contributed by atoms with Crippen molar-refractivity contribution < 1.29 is 22.9 Å². The number of rotatable bonds is 4. The van der Waals surface area contributed by atoms with E-state index in [2.05, 4.69) is 4.72 Å². The number of carbonyl (C=O) groups is 1.